The molecule has 2 heterocycles. The lowest BCUT2D eigenvalue weighted by molar-refractivity contribution is -0.115. The first-order chi connectivity index (χ1) is 15.0. The van der Waals surface area contributed by atoms with Crippen LogP contribution in [0.2, 0.25) is 0 Å². The molecule has 1 aliphatic heterocycles. The van der Waals surface area contributed by atoms with Gasteiger partial charge < -0.3 is 5.32 Å². The average molecular weight is 449 g/mol. The number of anilines is 2. The molecule has 9 heteroatoms. The molecule has 5 rings (SSSR count). The number of hydrogen-bond donors (Lipinski definition) is 2. The van der Waals surface area contributed by atoms with E-state index in [1.807, 2.05) is 18.2 Å². The van der Waals surface area contributed by atoms with Gasteiger partial charge in [-0.2, -0.15) is 0 Å². The van der Waals surface area contributed by atoms with Crippen LogP contribution in [0.1, 0.15) is 11.5 Å². The highest BCUT2D eigenvalue weighted by molar-refractivity contribution is 7.92. The zero-order valence-electron chi connectivity index (χ0n) is 16.0. The lowest BCUT2D eigenvalue weighted by Gasteiger charge is -2.08. The predicted octanol–water partition coefficient (Wildman–Crippen LogP) is 4.54. The van der Waals surface area contributed by atoms with Crippen molar-refractivity contribution < 1.29 is 13.2 Å². The van der Waals surface area contributed by atoms with Crippen LogP contribution in [0.25, 0.3) is 10.2 Å². The van der Waals surface area contributed by atoms with Gasteiger partial charge in [0.2, 0.25) is 5.91 Å². The number of aliphatic imine (C=N–C) groups is 1. The van der Waals surface area contributed by atoms with Crippen LogP contribution >= 0.6 is 11.3 Å². The van der Waals surface area contributed by atoms with E-state index >= 15 is 0 Å². The Balaban J connectivity index is 1.38. The van der Waals surface area contributed by atoms with E-state index in [-0.39, 0.29) is 10.8 Å². The van der Waals surface area contributed by atoms with Crippen LogP contribution in [-0.4, -0.2) is 25.5 Å². The number of nitrogens with one attached hydrogen (secondary N) is 2. The Bertz CT molecular complexity index is 1410. The molecular formula is C22H16N4O3S2. The summed E-state index contributed by atoms with van der Waals surface area (Å²) in [4.78, 5) is 21.3. The normalized spacial score (nSPS) is 15.9. The predicted molar refractivity (Wildman–Crippen MR) is 123 cm³/mol. The summed E-state index contributed by atoms with van der Waals surface area (Å²) in [6.07, 6.45) is 1.59. The number of hydrogen-bond acceptors (Lipinski definition) is 6. The van der Waals surface area contributed by atoms with Crippen molar-refractivity contribution in [3.63, 3.8) is 0 Å². The van der Waals surface area contributed by atoms with Gasteiger partial charge in [-0.1, -0.05) is 18.2 Å². The second kappa shape index (κ2) is 7.60. The number of aromatic nitrogens is 1. The minimum atomic E-state index is -3.70. The Morgan fingerprint density at radius 1 is 1.03 bits per heavy atom. The van der Waals surface area contributed by atoms with Crippen LogP contribution in [0.5, 0.6) is 0 Å². The van der Waals surface area contributed by atoms with Gasteiger partial charge in [-0.25, -0.2) is 13.4 Å². The molecule has 0 fully saturated rings. The molecule has 1 unspecified atom stereocenters. The fourth-order valence-corrected chi connectivity index (χ4v) is 5.38. The van der Waals surface area contributed by atoms with Crippen LogP contribution < -0.4 is 10.0 Å². The zero-order chi connectivity index (χ0) is 21.4. The van der Waals surface area contributed by atoms with Crippen LogP contribution in [0.3, 0.4) is 0 Å². The van der Waals surface area contributed by atoms with Crippen molar-refractivity contribution >= 4 is 60.8 Å². The number of carbonyl (C=O) groups is 1. The number of para-hydroxylation sites is 1. The lowest BCUT2D eigenvalue weighted by Crippen LogP contribution is -2.13. The Hall–Kier alpha value is -3.56. The Morgan fingerprint density at radius 2 is 1.81 bits per heavy atom. The highest BCUT2D eigenvalue weighted by Crippen LogP contribution is 2.39. The van der Waals surface area contributed by atoms with Crippen molar-refractivity contribution in [3.05, 3.63) is 77.8 Å². The number of fused-ring (bicyclic) bond motifs is 3. The number of benzene rings is 3. The minimum absolute atomic E-state index is 0.130. The van der Waals surface area contributed by atoms with Crippen LogP contribution in [0.4, 0.5) is 17.1 Å². The molecule has 154 valence electrons. The maximum Gasteiger partial charge on any atom is 0.261 e. The SMILES string of the molecule is O=C1Nc2ccc3ncsc3c2C1C=Nc1ccc(S(=O)(=O)Nc2ccccc2)cc1. The van der Waals surface area contributed by atoms with E-state index < -0.39 is 15.9 Å². The van der Waals surface area contributed by atoms with Gasteiger partial charge >= 0.3 is 0 Å². The van der Waals surface area contributed by atoms with Gasteiger partial charge in [0, 0.05) is 23.2 Å². The Kier molecular flexibility index (Phi) is 4.76. The summed E-state index contributed by atoms with van der Waals surface area (Å²) in [5.41, 5.74) is 5.29. The number of thiazole rings is 1. The van der Waals surface area contributed by atoms with Gasteiger partial charge in [0.25, 0.3) is 10.0 Å². The molecule has 7 nitrogen and oxygen atoms in total. The molecule has 1 aliphatic rings. The molecule has 0 spiro atoms. The third-order valence-corrected chi connectivity index (χ3v) is 7.21. The molecule has 0 saturated carbocycles. The van der Waals surface area contributed by atoms with E-state index in [0.717, 1.165) is 21.5 Å². The van der Waals surface area contributed by atoms with Gasteiger partial charge in [0.1, 0.15) is 5.92 Å². The summed E-state index contributed by atoms with van der Waals surface area (Å²) >= 11 is 1.49. The molecule has 1 atom stereocenters. The minimum Gasteiger partial charge on any atom is -0.325 e. The summed E-state index contributed by atoms with van der Waals surface area (Å²) in [5.74, 6) is -0.673. The second-order valence-electron chi connectivity index (χ2n) is 6.94. The summed E-state index contributed by atoms with van der Waals surface area (Å²) in [7, 11) is -3.70. The first-order valence-electron chi connectivity index (χ1n) is 9.40. The third-order valence-electron chi connectivity index (χ3n) is 4.93. The van der Waals surface area contributed by atoms with Crippen molar-refractivity contribution in [2.24, 2.45) is 4.99 Å². The van der Waals surface area contributed by atoms with Gasteiger partial charge in [-0.3, -0.25) is 14.5 Å². The maximum atomic E-state index is 12.6. The van der Waals surface area contributed by atoms with E-state index in [1.165, 1.54) is 23.5 Å². The van der Waals surface area contributed by atoms with Gasteiger partial charge in [0.15, 0.2) is 0 Å². The number of nitrogens with zero attached hydrogens (tertiary/aromatic N) is 2. The molecule has 1 aromatic heterocycles. The number of carbonyl (C=O) groups excluding carboxylic acids is 1. The lowest BCUT2D eigenvalue weighted by atomic mass is 10.0. The van der Waals surface area contributed by atoms with Crippen molar-refractivity contribution in [3.8, 4) is 0 Å². The largest absolute Gasteiger partial charge is 0.325 e. The van der Waals surface area contributed by atoms with Crippen LogP contribution in [-0.2, 0) is 14.8 Å². The molecule has 4 aromatic rings. The second-order valence-corrected chi connectivity index (χ2v) is 9.48. The van der Waals surface area contributed by atoms with Crippen molar-refractivity contribution in [2.45, 2.75) is 10.8 Å². The standard InChI is InChI=1S/C22H16N4O3S2/c27-22-17(20-18(25-22)10-11-19-21(20)30-13-24-19)12-23-14-6-8-16(9-7-14)31(28,29)26-15-4-2-1-3-5-15/h1-13,17,26H,(H,25,27). The first kappa shape index (κ1) is 19.4. The van der Waals surface area contributed by atoms with Gasteiger partial charge in [-0.05, 0) is 48.5 Å². The van der Waals surface area contributed by atoms with E-state index in [2.05, 4.69) is 20.0 Å². The summed E-state index contributed by atoms with van der Waals surface area (Å²) < 4.78 is 28.6. The highest BCUT2D eigenvalue weighted by Gasteiger charge is 2.31. The summed E-state index contributed by atoms with van der Waals surface area (Å²) in [6.45, 7) is 0. The average Bonchev–Trinajstić information content (AvgIpc) is 3.36. The molecule has 0 saturated heterocycles. The molecule has 0 aliphatic carbocycles. The molecule has 3 aromatic carbocycles. The van der Waals surface area contributed by atoms with Crippen LogP contribution in [0.15, 0.2) is 82.1 Å². The first-order valence-corrected chi connectivity index (χ1v) is 11.8. The van der Waals surface area contributed by atoms with Gasteiger partial charge in [0.05, 0.1) is 26.3 Å². The zero-order valence-corrected chi connectivity index (χ0v) is 17.7. The Morgan fingerprint density at radius 3 is 2.58 bits per heavy atom. The van der Waals surface area contributed by atoms with E-state index in [1.54, 1.807) is 48.1 Å². The van der Waals surface area contributed by atoms with Crippen molar-refractivity contribution in [1.29, 1.82) is 0 Å². The summed E-state index contributed by atoms with van der Waals surface area (Å²) in [5, 5.41) is 2.88. The molecular weight excluding hydrogens is 432 g/mol. The molecule has 31 heavy (non-hydrogen) atoms. The summed E-state index contributed by atoms with van der Waals surface area (Å²) in [6, 6.07) is 18.6. The highest BCUT2D eigenvalue weighted by atomic mass is 32.2. The molecule has 1 amide bonds. The maximum absolute atomic E-state index is 12.6. The number of sulfonamides is 1. The number of amides is 1. The fourth-order valence-electron chi connectivity index (χ4n) is 3.44. The topological polar surface area (TPSA) is 101 Å². The molecule has 2 N–H and O–H groups in total. The van der Waals surface area contributed by atoms with Crippen molar-refractivity contribution in [1.82, 2.24) is 4.98 Å². The number of rotatable bonds is 5. The smallest absolute Gasteiger partial charge is 0.261 e. The molecule has 0 radical (unpaired) electrons. The Labute approximate surface area is 182 Å². The van der Waals surface area contributed by atoms with Gasteiger partial charge in [-0.15, -0.1) is 11.3 Å². The van der Waals surface area contributed by atoms with E-state index in [0.29, 0.717) is 11.4 Å². The fraction of sp³-hybridized carbons (Fsp3) is 0.0455. The van der Waals surface area contributed by atoms with E-state index in [9.17, 15) is 13.2 Å². The monoisotopic (exact) mass is 448 g/mol. The quantitative estimate of drug-likeness (QED) is 0.438. The molecule has 0 bridgehead atoms. The van der Waals surface area contributed by atoms with E-state index in [4.69, 9.17) is 0 Å². The third kappa shape index (κ3) is 3.69. The van der Waals surface area contributed by atoms with Crippen LogP contribution in [0, 0.1) is 0 Å². The van der Waals surface area contributed by atoms with Crippen molar-refractivity contribution in [2.75, 3.05) is 10.0 Å².